The molecule has 4 rings (SSSR count). The average molecular weight is 373 g/mol. The maximum Gasteiger partial charge on any atom is 0.282 e. The fraction of sp³-hybridized carbons (Fsp3) is 0.143. The summed E-state index contributed by atoms with van der Waals surface area (Å²) in [5, 5.41) is 19.8. The van der Waals surface area contributed by atoms with E-state index in [4.69, 9.17) is 0 Å². The first kappa shape index (κ1) is 17.7. The van der Waals surface area contributed by atoms with E-state index in [-0.39, 0.29) is 11.4 Å². The summed E-state index contributed by atoms with van der Waals surface area (Å²) in [6.45, 7) is 5.49. The molecule has 0 unspecified atom stereocenters. The molecule has 0 bridgehead atoms. The maximum absolute atomic E-state index is 12.7. The topological polar surface area (TPSA) is 85.3 Å². The Balaban J connectivity index is 1.78. The molecule has 0 spiro atoms. The van der Waals surface area contributed by atoms with E-state index in [1.807, 2.05) is 37.3 Å². The van der Waals surface area contributed by atoms with Crippen molar-refractivity contribution in [3.8, 4) is 11.6 Å². The van der Waals surface area contributed by atoms with Gasteiger partial charge in [-0.3, -0.25) is 4.79 Å². The molecule has 2 aromatic heterocycles. The molecule has 1 N–H and O–H groups in total. The molecule has 7 heteroatoms. The van der Waals surface area contributed by atoms with Crippen LogP contribution in [0.5, 0.6) is 5.88 Å². The number of hydrogen-bond acceptors (Lipinski definition) is 5. The predicted molar refractivity (Wildman–Crippen MR) is 108 cm³/mol. The Bertz CT molecular complexity index is 1270. The van der Waals surface area contributed by atoms with Gasteiger partial charge < -0.3 is 5.11 Å². The van der Waals surface area contributed by atoms with Crippen LogP contribution in [0, 0.1) is 20.8 Å². The lowest BCUT2D eigenvalue weighted by atomic mass is 10.2. The molecule has 0 aliphatic carbocycles. The van der Waals surface area contributed by atoms with Crippen LogP contribution in [0.25, 0.3) is 16.6 Å². The summed E-state index contributed by atoms with van der Waals surface area (Å²) in [5.74, 6) is 0.424. The Kier molecular flexibility index (Phi) is 4.27. The van der Waals surface area contributed by atoms with Crippen LogP contribution in [-0.2, 0) is 0 Å². The molecule has 0 saturated carbocycles. The Hall–Kier alpha value is -3.74. The van der Waals surface area contributed by atoms with Crippen molar-refractivity contribution < 1.29 is 5.11 Å². The van der Waals surface area contributed by atoms with Crippen molar-refractivity contribution in [3.63, 3.8) is 0 Å². The molecule has 7 nitrogen and oxygen atoms in total. The van der Waals surface area contributed by atoms with E-state index in [9.17, 15) is 9.90 Å². The van der Waals surface area contributed by atoms with Gasteiger partial charge in [0.2, 0.25) is 5.88 Å². The first-order valence-electron chi connectivity index (χ1n) is 8.84. The van der Waals surface area contributed by atoms with E-state index in [0.29, 0.717) is 28.0 Å². The zero-order chi connectivity index (χ0) is 19.8. The summed E-state index contributed by atoms with van der Waals surface area (Å²) in [4.78, 5) is 17.1. The second-order valence-electron chi connectivity index (χ2n) is 6.61. The van der Waals surface area contributed by atoms with Gasteiger partial charge in [0, 0.05) is 0 Å². The van der Waals surface area contributed by atoms with Gasteiger partial charge in [-0.25, -0.2) is 9.67 Å². The number of hydrogen-bond donors (Lipinski definition) is 1. The van der Waals surface area contributed by atoms with Crippen LogP contribution >= 0.6 is 0 Å². The fourth-order valence-electron chi connectivity index (χ4n) is 3.03. The molecule has 0 saturated heterocycles. The van der Waals surface area contributed by atoms with Gasteiger partial charge in [0.15, 0.2) is 0 Å². The van der Waals surface area contributed by atoms with Gasteiger partial charge in [-0.1, -0.05) is 29.8 Å². The van der Waals surface area contributed by atoms with Gasteiger partial charge in [0.25, 0.3) is 5.56 Å². The van der Waals surface area contributed by atoms with Crippen molar-refractivity contribution in [1.82, 2.24) is 19.4 Å². The molecule has 0 aliphatic heterocycles. The molecular weight excluding hydrogens is 354 g/mol. The zero-order valence-corrected chi connectivity index (χ0v) is 15.8. The van der Waals surface area contributed by atoms with Crippen molar-refractivity contribution in [2.45, 2.75) is 20.8 Å². The summed E-state index contributed by atoms with van der Waals surface area (Å²) >= 11 is 0. The van der Waals surface area contributed by atoms with Crippen LogP contribution in [0.15, 0.2) is 58.4 Å². The number of rotatable bonds is 3. The average Bonchev–Trinajstić information content (AvgIpc) is 2.96. The highest BCUT2D eigenvalue weighted by Crippen LogP contribution is 2.23. The van der Waals surface area contributed by atoms with E-state index in [1.165, 1.54) is 15.6 Å². The summed E-state index contributed by atoms with van der Waals surface area (Å²) in [7, 11) is 0. The monoisotopic (exact) mass is 373 g/mol. The number of aromatic hydroxyl groups is 1. The Labute approximate surface area is 161 Å². The Morgan fingerprint density at radius 1 is 1.04 bits per heavy atom. The molecule has 2 heterocycles. The van der Waals surface area contributed by atoms with Gasteiger partial charge >= 0.3 is 0 Å². The van der Waals surface area contributed by atoms with Crippen LogP contribution in [0.2, 0.25) is 0 Å². The van der Waals surface area contributed by atoms with Gasteiger partial charge in [-0.05, 0) is 45.0 Å². The summed E-state index contributed by atoms with van der Waals surface area (Å²) in [6.07, 6.45) is 1.44. The SMILES string of the molecule is Cc1ccc(-n2nc(C)c(/C=N/n3c(C)nc4ccccc4c3=O)c2O)cc1. The van der Waals surface area contributed by atoms with Crippen LogP contribution in [0.1, 0.15) is 22.6 Å². The lowest BCUT2D eigenvalue weighted by molar-refractivity contribution is 0.433. The highest BCUT2D eigenvalue weighted by atomic mass is 16.3. The minimum atomic E-state index is -0.262. The minimum Gasteiger partial charge on any atom is -0.493 e. The lowest BCUT2D eigenvalue weighted by Crippen LogP contribution is -2.20. The molecule has 0 aliphatic rings. The van der Waals surface area contributed by atoms with Crippen LogP contribution in [0.3, 0.4) is 0 Å². The molecule has 4 aromatic rings. The summed E-state index contributed by atoms with van der Waals surface area (Å²) in [5.41, 5.74) is 3.27. The van der Waals surface area contributed by atoms with Crippen LogP contribution in [-0.4, -0.2) is 30.8 Å². The quantitative estimate of drug-likeness (QED) is 0.559. The highest BCUT2D eigenvalue weighted by Gasteiger charge is 2.14. The molecule has 0 amide bonds. The standard InChI is InChI=1S/C21H19N5O2/c1-13-8-10-16(11-9-13)26-21(28)18(14(2)24-26)12-22-25-15(3)23-19-7-5-4-6-17(19)20(25)27/h4-12,28H,1-3H3/b22-12+. The lowest BCUT2D eigenvalue weighted by Gasteiger charge is -2.05. The third kappa shape index (κ3) is 2.96. The number of fused-ring (bicyclic) bond motifs is 1. The minimum absolute atomic E-state index is 0.0375. The van der Waals surface area contributed by atoms with Crippen molar-refractivity contribution >= 4 is 17.1 Å². The van der Waals surface area contributed by atoms with E-state index in [0.717, 1.165) is 11.3 Å². The third-order valence-electron chi connectivity index (χ3n) is 4.58. The van der Waals surface area contributed by atoms with E-state index in [2.05, 4.69) is 15.2 Å². The molecule has 140 valence electrons. The van der Waals surface area contributed by atoms with E-state index in [1.54, 1.807) is 32.0 Å². The van der Waals surface area contributed by atoms with Crippen molar-refractivity contribution in [1.29, 1.82) is 0 Å². The zero-order valence-electron chi connectivity index (χ0n) is 15.8. The highest BCUT2D eigenvalue weighted by molar-refractivity contribution is 5.84. The molecule has 28 heavy (non-hydrogen) atoms. The molecule has 2 aromatic carbocycles. The second kappa shape index (κ2) is 6.77. The largest absolute Gasteiger partial charge is 0.493 e. The first-order valence-corrected chi connectivity index (χ1v) is 8.84. The Morgan fingerprint density at radius 2 is 1.75 bits per heavy atom. The third-order valence-corrected chi connectivity index (χ3v) is 4.58. The van der Waals surface area contributed by atoms with E-state index >= 15 is 0 Å². The maximum atomic E-state index is 12.7. The van der Waals surface area contributed by atoms with Crippen molar-refractivity contribution in [2.75, 3.05) is 0 Å². The molecular formula is C21H19N5O2. The summed E-state index contributed by atoms with van der Waals surface area (Å²) in [6, 6.07) is 14.8. The molecule has 0 atom stereocenters. The first-order chi connectivity index (χ1) is 13.5. The molecule has 0 radical (unpaired) electrons. The smallest absolute Gasteiger partial charge is 0.282 e. The fourth-order valence-corrected chi connectivity index (χ4v) is 3.03. The van der Waals surface area contributed by atoms with Crippen molar-refractivity contribution in [3.05, 3.63) is 81.5 Å². The van der Waals surface area contributed by atoms with Gasteiger partial charge in [-0.2, -0.15) is 14.9 Å². The Morgan fingerprint density at radius 3 is 2.50 bits per heavy atom. The van der Waals surface area contributed by atoms with Crippen LogP contribution in [0.4, 0.5) is 0 Å². The number of nitrogens with zero attached hydrogens (tertiary/aromatic N) is 5. The number of para-hydroxylation sites is 1. The second-order valence-corrected chi connectivity index (χ2v) is 6.61. The summed E-state index contributed by atoms with van der Waals surface area (Å²) < 4.78 is 2.68. The van der Waals surface area contributed by atoms with Crippen LogP contribution < -0.4 is 5.56 Å². The predicted octanol–water partition coefficient (Wildman–Crippen LogP) is 3.10. The number of aromatic nitrogens is 4. The van der Waals surface area contributed by atoms with Gasteiger partial charge in [0.1, 0.15) is 5.82 Å². The van der Waals surface area contributed by atoms with Gasteiger partial charge in [0.05, 0.1) is 34.1 Å². The molecule has 0 fully saturated rings. The van der Waals surface area contributed by atoms with Gasteiger partial charge in [-0.15, -0.1) is 0 Å². The van der Waals surface area contributed by atoms with Crippen molar-refractivity contribution in [2.24, 2.45) is 5.10 Å². The number of aryl methyl sites for hydroxylation is 3. The number of benzene rings is 2. The normalized spacial score (nSPS) is 11.5. The van der Waals surface area contributed by atoms with E-state index < -0.39 is 0 Å².